The number of hydrogen-bond donors (Lipinski definition) is 1. The lowest BCUT2D eigenvalue weighted by Gasteiger charge is -2.18. The van der Waals surface area contributed by atoms with E-state index in [9.17, 15) is 26.9 Å². The van der Waals surface area contributed by atoms with Gasteiger partial charge in [-0.05, 0) is 64.0 Å². The largest absolute Gasteiger partial charge is 0.701 e. The summed E-state index contributed by atoms with van der Waals surface area (Å²) < 4.78 is 66.3. The van der Waals surface area contributed by atoms with Crippen molar-refractivity contribution in [1.29, 1.82) is 0 Å². The van der Waals surface area contributed by atoms with Crippen molar-refractivity contribution in [2.75, 3.05) is 0 Å². The van der Waals surface area contributed by atoms with Crippen LogP contribution in [0.4, 0.5) is 17.6 Å². The van der Waals surface area contributed by atoms with Crippen molar-refractivity contribution in [3.8, 4) is 0 Å². The molecular formula is C17H24F4O4P+. The van der Waals surface area contributed by atoms with Crippen LogP contribution in [0.15, 0.2) is 34.9 Å². The number of carbonyl (C=O) groups excluding carboxylic acids is 1. The summed E-state index contributed by atoms with van der Waals surface area (Å²) in [5.74, 6) is -7.42. The molecule has 0 fully saturated rings. The van der Waals surface area contributed by atoms with Gasteiger partial charge in [0.05, 0.1) is 0 Å². The van der Waals surface area contributed by atoms with Crippen molar-refractivity contribution in [3.63, 3.8) is 0 Å². The van der Waals surface area contributed by atoms with Crippen LogP contribution in [0.5, 0.6) is 0 Å². The standard InChI is InChI=1S/C17H23F4O4P/c1-12(2)7-5-8-13(3)9-6-10-14(4)11-15(22)16(18,19)17(20,21)25-26(23)24/h7,9,11H,5-6,8,10H2,1-4H3/p+1. The van der Waals surface area contributed by atoms with Crippen molar-refractivity contribution in [2.45, 2.75) is 65.4 Å². The monoisotopic (exact) mass is 399 g/mol. The Morgan fingerprint density at radius 1 is 1.00 bits per heavy atom. The molecule has 9 heteroatoms. The van der Waals surface area contributed by atoms with Crippen LogP contribution in [0.3, 0.4) is 0 Å². The van der Waals surface area contributed by atoms with Crippen molar-refractivity contribution in [1.82, 2.24) is 0 Å². The molecule has 0 aliphatic rings. The molecule has 0 radical (unpaired) electrons. The highest BCUT2D eigenvalue weighted by Gasteiger charge is 2.67. The first-order chi connectivity index (χ1) is 11.8. The van der Waals surface area contributed by atoms with Gasteiger partial charge in [-0.25, -0.2) is 0 Å². The lowest BCUT2D eigenvalue weighted by atomic mass is 10.0. The third-order valence-electron chi connectivity index (χ3n) is 3.37. The molecule has 0 aromatic rings. The minimum atomic E-state index is -5.37. The number of rotatable bonds is 11. The average molecular weight is 399 g/mol. The number of ketones is 1. The topological polar surface area (TPSA) is 63.6 Å². The first-order valence-corrected chi connectivity index (χ1v) is 9.04. The van der Waals surface area contributed by atoms with Gasteiger partial charge in [-0.3, -0.25) is 4.79 Å². The Morgan fingerprint density at radius 2 is 1.50 bits per heavy atom. The summed E-state index contributed by atoms with van der Waals surface area (Å²) >= 11 is 0. The second kappa shape index (κ2) is 10.7. The van der Waals surface area contributed by atoms with Gasteiger partial charge in [0.15, 0.2) is 0 Å². The Labute approximate surface area is 151 Å². The van der Waals surface area contributed by atoms with Crippen LogP contribution >= 0.6 is 8.25 Å². The zero-order valence-corrected chi connectivity index (χ0v) is 16.1. The van der Waals surface area contributed by atoms with Crippen LogP contribution in [-0.2, 0) is 13.9 Å². The van der Waals surface area contributed by atoms with Crippen LogP contribution in [0.25, 0.3) is 0 Å². The van der Waals surface area contributed by atoms with Crippen LogP contribution in [0.1, 0.15) is 53.4 Å². The normalized spacial score (nSPS) is 14.3. The summed E-state index contributed by atoms with van der Waals surface area (Å²) in [4.78, 5) is 19.6. The van der Waals surface area contributed by atoms with Gasteiger partial charge < -0.3 is 0 Å². The molecule has 1 atom stereocenters. The van der Waals surface area contributed by atoms with Crippen molar-refractivity contribution >= 4 is 14.0 Å². The lowest BCUT2D eigenvalue weighted by Crippen LogP contribution is -2.47. The maximum absolute atomic E-state index is 13.4. The van der Waals surface area contributed by atoms with Crippen LogP contribution < -0.4 is 0 Å². The summed E-state index contributed by atoms with van der Waals surface area (Å²) in [7, 11) is -3.99. The number of carbonyl (C=O) groups is 1. The zero-order valence-electron chi connectivity index (χ0n) is 15.2. The van der Waals surface area contributed by atoms with Gasteiger partial charge in [-0.2, -0.15) is 17.6 Å². The maximum Gasteiger partial charge on any atom is 0.701 e. The Kier molecular flexibility index (Phi) is 10.1. The Balaban J connectivity index is 4.77. The minimum Gasteiger partial charge on any atom is -0.288 e. The number of hydrogen-bond acceptors (Lipinski definition) is 3. The Bertz CT molecular complexity index is 606. The molecule has 0 bridgehead atoms. The molecule has 0 aliphatic heterocycles. The van der Waals surface area contributed by atoms with Gasteiger partial charge in [0.2, 0.25) is 5.78 Å². The minimum absolute atomic E-state index is 0.187. The summed E-state index contributed by atoms with van der Waals surface area (Å²) in [6.45, 7) is 7.28. The van der Waals surface area contributed by atoms with Crippen LogP contribution in [0, 0.1) is 0 Å². The van der Waals surface area contributed by atoms with Crippen molar-refractivity contribution < 1.29 is 36.3 Å². The molecule has 0 spiro atoms. The second-order valence-electron chi connectivity index (χ2n) is 6.18. The molecule has 0 aromatic carbocycles. The summed E-state index contributed by atoms with van der Waals surface area (Å²) in [6.07, 6.45) is 1.46. The zero-order chi connectivity index (χ0) is 20.5. The summed E-state index contributed by atoms with van der Waals surface area (Å²) in [5.41, 5.74) is 2.49. The first kappa shape index (κ1) is 24.6. The molecule has 148 valence electrons. The predicted molar refractivity (Wildman–Crippen MR) is 91.2 cm³/mol. The first-order valence-electron chi connectivity index (χ1n) is 7.91. The third kappa shape index (κ3) is 8.83. The van der Waals surface area contributed by atoms with Gasteiger partial charge in [0, 0.05) is 4.57 Å². The summed E-state index contributed by atoms with van der Waals surface area (Å²) in [6, 6.07) is 0. The molecule has 0 heterocycles. The Morgan fingerprint density at radius 3 is 2.00 bits per heavy atom. The van der Waals surface area contributed by atoms with Crippen molar-refractivity contribution in [3.05, 3.63) is 34.9 Å². The number of halogens is 4. The smallest absolute Gasteiger partial charge is 0.288 e. The predicted octanol–water partition coefficient (Wildman–Crippen LogP) is 5.87. The molecule has 4 nitrogen and oxygen atoms in total. The molecule has 0 saturated heterocycles. The molecular weight excluding hydrogens is 375 g/mol. The molecule has 26 heavy (non-hydrogen) atoms. The molecule has 0 aliphatic carbocycles. The lowest BCUT2D eigenvalue weighted by molar-refractivity contribution is -0.293. The van der Waals surface area contributed by atoms with Gasteiger partial charge in [0.1, 0.15) is 0 Å². The number of alkyl halides is 4. The van der Waals surface area contributed by atoms with Gasteiger partial charge in [-0.15, -0.1) is 4.89 Å². The van der Waals surface area contributed by atoms with Gasteiger partial charge in [0.25, 0.3) is 0 Å². The van der Waals surface area contributed by atoms with Gasteiger partial charge >= 0.3 is 20.3 Å². The van der Waals surface area contributed by atoms with Crippen LogP contribution in [0.2, 0.25) is 0 Å². The van der Waals surface area contributed by atoms with E-state index in [-0.39, 0.29) is 12.0 Å². The molecule has 0 amide bonds. The molecule has 1 unspecified atom stereocenters. The fraction of sp³-hybridized carbons (Fsp3) is 0.588. The van der Waals surface area contributed by atoms with E-state index in [1.807, 2.05) is 26.8 Å². The van der Waals surface area contributed by atoms with E-state index in [1.54, 1.807) is 0 Å². The van der Waals surface area contributed by atoms with E-state index in [4.69, 9.17) is 4.89 Å². The maximum atomic E-state index is 13.4. The highest BCUT2D eigenvalue weighted by atomic mass is 31.1. The van der Waals surface area contributed by atoms with Gasteiger partial charge in [-0.1, -0.05) is 28.9 Å². The Hall–Kier alpha value is -1.37. The van der Waals surface area contributed by atoms with Crippen molar-refractivity contribution in [2.24, 2.45) is 0 Å². The third-order valence-corrected chi connectivity index (χ3v) is 3.75. The van der Waals surface area contributed by atoms with Crippen LogP contribution in [-0.4, -0.2) is 22.7 Å². The molecule has 1 N–H and O–H groups in total. The van der Waals surface area contributed by atoms with E-state index < -0.39 is 26.1 Å². The summed E-state index contributed by atoms with van der Waals surface area (Å²) in [5, 5.41) is 0. The highest BCUT2D eigenvalue weighted by Crippen LogP contribution is 2.42. The second-order valence-corrected chi connectivity index (χ2v) is 6.84. The fourth-order valence-electron chi connectivity index (χ4n) is 1.92. The van der Waals surface area contributed by atoms with E-state index >= 15 is 0 Å². The van der Waals surface area contributed by atoms with E-state index in [2.05, 4.69) is 10.6 Å². The molecule has 0 aromatic heterocycles. The molecule has 0 saturated carbocycles. The highest BCUT2D eigenvalue weighted by molar-refractivity contribution is 7.32. The quantitative estimate of drug-likeness (QED) is 0.204. The average Bonchev–Trinajstić information content (AvgIpc) is 2.44. The fourth-order valence-corrected chi connectivity index (χ4v) is 2.23. The molecule has 0 rings (SSSR count). The van der Waals surface area contributed by atoms with E-state index in [0.29, 0.717) is 12.5 Å². The van der Waals surface area contributed by atoms with E-state index in [1.165, 1.54) is 12.5 Å². The van der Waals surface area contributed by atoms with E-state index in [0.717, 1.165) is 18.4 Å². The SMILES string of the molecule is CC(C)=CCCC(C)=CCCC(C)=CC(=O)C(F)(F)C(F)(F)O[P+](=O)O. The number of allylic oxidation sites excluding steroid dienone is 6.